The number of carbonyl (C=O) groups excluding carboxylic acids is 1. The minimum Gasteiger partial charge on any atom is -0.479 e. The first-order chi connectivity index (χ1) is 11.3. The number of imidazole rings is 1. The number of allylic oxidation sites excluding steroid dienone is 1. The molecule has 2 aromatic rings. The zero-order valence-electron chi connectivity index (χ0n) is 13.9. The Kier molecular flexibility index (Phi) is 5.18. The normalized spacial score (nSPS) is 13.0. The summed E-state index contributed by atoms with van der Waals surface area (Å²) in [5.74, 6) is -1.54. The molecular weight excluding hydrogens is 306 g/mol. The van der Waals surface area contributed by atoms with Crippen LogP contribution in [-0.2, 0) is 4.79 Å². The lowest BCUT2D eigenvalue weighted by molar-refractivity contribution is -0.137. The van der Waals surface area contributed by atoms with Crippen molar-refractivity contribution in [3.8, 4) is 5.69 Å². The molecule has 6 nitrogen and oxygen atoms in total. The Morgan fingerprint density at radius 2 is 2.08 bits per heavy atom. The van der Waals surface area contributed by atoms with Crippen molar-refractivity contribution in [3.63, 3.8) is 0 Å². The minimum absolute atomic E-state index is 0.167. The van der Waals surface area contributed by atoms with Crippen LogP contribution in [0.1, 0.15) is 31.1 Å². The van der Waals surface area contributed by atoms with Gasteiger partial charge in [0.25, 0.3) is 5.91 Å². The number of carbonyl (C=O) groups is 2. The molecule has 1 amide bonds. The zero-order chi connectivity index (χ0) is 17.7. The monoisotopic (exact) mass is 327 g/mol. The molecule has 1 unspecified atom stereocenters. The van der Waals surface area contributed by atoms with Gasteiger partial charge in [0.05, 0.1) is 6.33 Å². The number of aliphatic carboxylic acids is 1. The second kappa shape index (κ2) is 7.12. The molecule has 0 aliphatic rings. The van der Waals surface area contributed by atoms with Gasteiger partial charge in [-0.25, -0.2) is 9.78 Å². The summed E-state index contributed by atoms with van der Waals surface area (Å²) in [5.41, 5.74) is 0.994. The molecule has 1 atom stereocenters. The summed E-state index contributed by atoms with van der Waals surface area (Å²) >= 11 is 0. The van der Waals surface area contributed by atoms with Crippen molar-refractivity contribution >= 4 is 11.9 Å². The minimum atomic E-state index is -1.10. The number of hydrogen-bond acceptors (Lipinski definition) is 3. The summed E-state index contributed by atoms with van der Waals surface area (Å²) in [7, 11) is 0. The Balaban J connectivity index is 2.17. The average Bonchev–Trinajstić information content (AvgIpc) is 3.04. The lowest BCUT2D eigenvalue weighted by atomic mass is 9.95. The molecule has 0 radical (unpaired) electrons. The largest absolute Gasteiger partial charge is 0.479 e. The molecule has 0 saturated carbocycles. The van der Waals surface area contributed by atoms with Crippen LogP contribution in [0.3, 0.4) is 0 Å². The number of nitrogens with one attached hydrogen (secondary N) is 1. The van der Waals surface area contributed by atoms with Crippen LogP contribution in [0, 0.1) is 5.41 Å². The fraction of sp³-hybridized carbons (Fsp3) is 0.278. The standard InChI is InChI=1S/C18H21N3O3/c1-18(2,3)8-7-15(17(23)24)20-16(22)13-5-4-6-14(11-13)21-10-9-19-12-21/h4-12,15H,1-3H3,(H,20,22)(H,23,24). The highest BCUT2D eigenvalue weighted by Gasteiger charge is 2.19. The first-order valence-corrected chi connectivity index (χ1v) is 7.58. The van der Waals surface area contributed by atoms with Crippen molar-refractivity contribution in [2.75, 3.05) is 0 Å². The SMILES string of the molecule is CC(C)(C)C=CC(NC(=O)c1cccc(-n2ccnc2)c1)C(=O)O. The van der Waals surface area contributed by atoms with Crippen molar-refractivity contribution in [1.29, 1.82) is 0 Å². The number of rotatable bonds is 5. The first-order valence-electron chi connectivity index (χ1n) is 7.58. The third-order valence-corrected chi connectivity index (χ3v) is 3.25. The van der Waals surface area contributed by atoms with Crippen molar-refractivity contribution in [1.82, 2.24) is 14.9 Å². The van der Waals surface area contributed by atoms with Gasteiger partial charge >= 0.3 is 5.97 Å². The number of benzene rings is 1. The van der Waals surface area contributed by atoms with E-state index in [1.807, 2.05) is 26.8 Å². The Morgan fingerprint density at radius 3 is 2.67 bits per heavy atom. The van der Waals surface area contributed by atoms with Crippen LogP contribution in [0.5, 0.6) is 0 Å². The van der Waals surface area contributed by atoms with Crippen LogP contribution >= 0.6 is 0 Å². The second-order valence-corrected chi connectivity index (χ2v) is 6.53. The second-order valence-electron chi connectivity index (χ2n) is 6.53. The quantitative estimate of drug-likeness (QED) is 0.827. The van der Waals surface area contributed by atoms with Gasteiger partial charge in [-0.1, -0.05) is 39.0 Å². The van der Waals surface area contributed by atoms with E-state index in [0.29, 0.717) is 5.56 Å². The van der Waals surface area contributed by atoms with Gasteiger partial charge in [-0.15, -0.1) is 0 Å². The highest BCUT2D eigenvalue weighted by molar-refractivity contribution is 5.97. The van der Waals surface area contributed by atoms with Gasteiger partial charge in [0, 0.05) is 23.6 Å². The van der Waals surface area contributed by atoms with E-state index < -0.39 is 17.9 Å². The van der Waals surface area contributed by atoms with Crippen LogP contribution in [0.2, 0.25) is 0 Å². The molecule has 0 saturated heterocycles. The molecule has 24 heavy (non-hydrogen) atoms. The molecule has 2 rings (SSSR count). The highest BCUT2D eigenvalue weighted by Crippen LogP contribution is 2.15. The smallest absolute Gasteiger partial charge is 0.330 e. The third kappa shape index (κ3) is 4.81. The van der Waals surface area contributed by atoms with Crippen LogP contribution in [-0.4, -0.2) is 32.6 Å². The number of nitrogens with zero attached hydrogens (tertiary/aromatic N) is 2. The maximum atomic E-state index is 12.4. The lowest BCUT2D eigenvalue weighted by Gasteiger charge is -2.15. The van der Waals surface area contributed by atoms with E-state index in [2.05, 4.69) is 10.3 Å². The average molecular weight is 327 g/mol. The summed E-state index contributed by atoms with van der Waals surface area (Å²) < 4.78 is 1.77. The molecular formula is C18H21N3O3. The van der Waals surface area contributed by atoms with E-state index in [0.717, 1.165) is 5.69 Å². The van der Waals surface area contributed by atoms with Crippen molar-refractivity contribution in [2.45, 2.75) is 26.8 Å². The number of carboxylic acid groups (broad SMARTS) is 1. The number of aromatic nitrogens is 2. The van der Waals surface area contributed by atoms with Crippen LogP contribution < -0.4 is 5.32 Å². The fourth-order valence-electron chi connectivity index (χ4n) is 2.02. The molecule has 1 aromatic heterocycles. The predicted molar refractivity (Wildman–Crippen MR) is 91.0 cm³/mol. The maximum absolute atomic E-state index is 12.4. The van der Waals surface area contributed by atoms with Crippen molar-refractivity contribution < 1.29 is 14.7 Å². The summed E-state index contributed by atoms with van der Waals surface area (Å²) in [6.45, 7) is 5.87. The molecule has 1 heterocycles. The lowest BCUT2D eigenvalue weighted by Crippen LogP contribution is -2.39. The number of carboxylic acids is 1. The van der Waals surface area contributed by atoms with Gasteiger partial charge in [-0.3, -0.25) is 4.79 Å². The number of amides is 1. The van der Waals surface area contributed by atoms with E-state index in [4.69, 9.17) is 0 Å². The Morgan fingerprint density at radius 1 is 1.33 bits per heavy atom. The number of hydrogen-bond donors (Lipinski definition) is 2. The van der Waals surface area contributed by atoms with Gasteiger partial charge in [-0.2, -0.15) is 0 Å². The molecule has 2 N–H and O–H groups in total. The first kappa shape index (κ1) is 17.5. The van der Waals surface area contributed by atoms with Crippen molar-refractivity contribution in [3.05, 3.63) is 60.7 Å². The predicted octanol–water partition coefficient (Wildman–Crippen LogP) is 2.66. The van der Waals surface area contributed by atoms with E-state index in [1.54, 1.807) is 47.6 Å². The van der Waals surface area contributed by atoms with Crippen molar-refractivity contribution in [2.24, 2.45) is 5.41 Å². The van der Waals surface area contributed by atoms with Gasteiger partial charge in [-0.05, 0) is 23.6 Å². The van der Waals surface area contributed by atoms with Crippen LogP contribution in [0.15, 0.2) is 55.1 Å². The van der Waals surface area contributed by atoms with E-state index in [-0.39, 0.29) is 5.41 Å². The molecule has 0 spiro atoms. The fourth-order valence-corrected chi connectivity index (χ4v) is 2.02. The molecule has 6 heteroatoms. The summed E-state index contributed by atoms with van der Waals surface area (Å²) in [6.07, 6.45) is 8.31. The highest BCUT2D eigenvalue weighted by atomic mass is 16.4. The van der Waals surface area contributed by atoms with Gasteiger partial charge in [0.2, 0.25) is 0 Å². The molecule has 0 aliphatic heterocycles. The molecule has 126 valence electrons. The van der Waals surface area contributed by atoms with Crippen LogP contribution in [0.4, 0.5) is 0 Å². The maximum Gasteiger partial charge on any atom is 0.330 e. The van der Waals surface area contributed by atoms with Gasteiger partial charge < -0.3 is 15.0 Å². The molecule has 0 aliphatic carbocycles. The topological polar surface area (TPSA) is 84.2 Å². The van der Waals surface area contributed by atoms with Gasteiger partial charge in [0.1, 0.15) is 6.04 Å². The Labute approximate surface area is 140 Å². The zero-order valence-corrected chi connectivity index (χ0v) is 13.9. The Hall–Kier alpha value is -2.89. The van der Waals surface area contributed by atoms with E-state index >= 15 is 0 Å². The Bertz CT molecular complexity index is 743. The summed E-state index contributed by atoms with van der Waals surface area (Å²) in [4.78, 5) is 27.7. The van der Waals surface area contributed by atoms with Gasteiger partial charge in [0.15, 0.2) is 0 Å². The van der Waals surface area contributed by atoms with Crippen LogP contribution in [0.25, 0.3) is 5.69 Å². The summed E-state index contributed by atoms with van der Waals surface area (Å²) in [5, 5.41) is 11.8. The molecule has 1 aromatic carbocycles. The molecule has 0 bridgehead atoms. The summed E-state index contributed by atoms with van der Waals surface area (Å²) in [6, 6.07) is 5.83. The molecule has 0 fully saturated rings. The third-order valence-electron chi connectivity index (χ3n) is 3.25. The van der Waals surface area contributed by atoms with E-state index in [1.165, 1.54) is 6.08 Å². The van der Waals surface area contributed by atoms with E-state index in [9.17, 15) is 14.7 Å².